The summed E-state index contributed by atoms with van der Waals surface area (Å²) in [5.74, 6) is 0.129. The molecule has 0 N–H and O–H groups in total. The molecule has 2 aromatic rings. The summed E-state index contributed by atoms with van der Waals surface area (Å²) in [6.07, 6.45) is -0.0470. The molecule has 3 rings (SSSR count). The first-order valence-electron chi connectivity index (χ1n) is 8.47. The van der Waals surface area contributed by atoms with Crippen molar-refractivity contribution in [3.05, 3.63) is 58.1 Å². The summed E-state index contributed by atoms with van der Waals surface area (Å²) >= 11 is 0. The zero-order chi connectivity index (χ0) is 19.8. The molecule has 0 bridgehead atoms. The Kier molecular flexibility index (Phi) is 4.96. The predicted molar refractivity (Wildman–Crippen MR) is 98.9 cm³/mol. The van der Waals surface area contributed by atoms with Gasteiger partial charge < -0.3 is 9.47 Å². The van der Waals surface area contributed by atoms with Gasteiger partial charge in [-0.15, -0.1) is 0 Å². The Hall–Kier alpha value is -2.45. The SMILES string of the molecule is CC(C)(C)c1ccc(S(=O)(=O)c2cc(OCC3CO3)cc([N+](=O)[O-])c2)cc1. The Balaban J connectivity index is 1.97. The van der Waals surface area contributed by atoms with E-state index in [1.807, 2.05) is 20.8 Å². The fraction of sp³-hybridized carbons (Fsp3) is 0.368. The number of nitro groups is 1. The zero-order valence-electron chi connectivity index (χ0n) is 15.3. The minimum absolute atomic E-state index is 0.0470. The Morgan fingerprint density at radius 1 is 1.15 bits per heavy atom. The molecular weight excluding hydrogens is 370 g/mol. The van der Waals surface area contributed by atoms with Crippen molar-refractivity contribution in [3.63, 3.8) is 0 Å². The highest BCUT2D eigenvalue weighted by Gasteiger charge is 2.26. The average molecular weight is 391 g/mol. The molecule has 7 nitrogen and oxygen atoms in total. The first-order valence-corrected chi connectivity index (χ1v) is 9.95. The van der Waals surface area contributed by atoms with Crippen LogP contribution in [0.4, 0.5) is 5.69 Å². The highest BCUT2D eigenvalue weighted by Crippen LogP contribution is 2.31. The van der Waals surface area contributed by atoms with E-state index in [-0.39, 0.29) is 39.4 Å². The van der Waals surface area contributed by atoms with Crippen LogP contribution in [-0.2, 0) is 20.0 Å². The summed E-state index contributed by atoms with van der Waals surface area (Å²) in [4.78, 5) is 10.5. The first-order chi connectivity index (χ1) is 12.6. The Bertz CT molecular complexity index is 957. The van der Waals surface area contributed by atoms with Gasteiger partial charge in [-0.25, -0.2) is 8.42 Å². The van der Waals surface area contributed by atoms with Crippen LogP contribution in [0.3, 0.4) is 0 Å². The van der Waals surface area contributed by atoms with Gasteiger partial charge in [0.05, 0.1) is 27.4 Å². The van der Waals surface area contributed by atoms with Gasteiger partial charge in [0.15, 0.2) is 0 Å². The number of nitro benzene ring substituents is 1. The van der Waals surface area contributed by atoms with E-state index in [9.17, 15) is 18.5 Å². The molecule has 1 aliphatic rings. The van der Waals surface area contributed by atoms with E-state index in [2.05, 4.69) is 0 Å². The highest BCUT2D eigenvalue weighted by molar-refractivity contribution is 7.91. The molecule has 0 spiro atoms. The summed E-state index contributed by atoms with van der Waals surface area (Å²) < 4.78 is 36.4. The summed E-state index contributed by atoms with van der Waals surface area (Å²) in [5, 5.41) is 11.2. The fourth-order valence-corrected chi connectivity index (χ4v) is 3.84. The minimum Gasteiger partial charge on any atom is -0.490 e. The number of hydrogen-bond acceptors (Lipinski definition) is 6. The van der Waals surface area contributed by atoms with Gasteiger partial charge in [-0.1, -0.05) is 32.9 Å². The van der Waals surface area contributed by atoms with Crippen LogP contribution in [0.1, 0.15) is 26.3 Å². The van der Waals surface area contributed by atoms with Crippen molar-refractivity contribution in [1.29, 1.82) is 0 Å². The molecule has 1 heterocycles. The zero-order valence-corrected chi connectivity index (χ0v) is 16.2. The van der Waals surface area contributed by atoms with E-state index in [4.69, 9.17) is 9.47 Å². The molecule has 27 heavy (non-hydrogen) atoms. The third-order valence-corrected chi connectivity index (χ3v) is 6.00. The lowest BCUT2D eigenvalue weighted by atomic mass is 9.87. The number of non-ortho nitro benzene ring substituents is 1. The monoisotopic (exact) mass is 391 g/mol. The molecule has 2 aromatic carbocycles. The quantitative estimate of drug-likeness (QED) is 0.424. The molecule has 0 radical (unpaired) electrons. The van der Waals surface area contributed by atoms with Gasteiger partial charge in [0, 0.05) is 6.07 Å². The number of rotatable bonds is 6. The second kappa shape index (κ2) is 6.94. The van der Waals surface area contributed by atoms with Crippen molar-refractivity contribution < 1.29 is 22.8 Å². The van der Waals surface area contributed by atoms with Crippen molar-refractivity contribution in [2.24, 2.45) is 0 Å². The fourth-order valence-electron chi connectivity index (χ4n) is 2.52. The number of epoxide rings is 1. The maximum absolute atomic E-state index is 13.0. The number of hydrogen-bond donors (Lipinski definition) is 0. The smallest absolute Gasteiger partial charge is 0.274 e. The lowest BCUT2D eigenvalue weighted by Crippen LogP contribution is -2.11. The van der Waals surface area contributed by atoms with Gasteiger partial charge >= 0.3 is 0 Å². The van der Waals surface area contributed by atoms with E-state index in [1.165, 1.54) is 24.3 Å². The van der Waals surface area contributed by atoms with Gasteiger partial charge in [-0.05, 0) is 29.2 Å². The molecule has 0 aromatic heterocycles. The lowest BCUT2D eigenvalue weighted by Gasteiger charge is -2.19. The van der Waals surface area contributed by atoms with Crippen LogP contribution in [0.2, 0.25) is 0 Å². The van der Waals surface area contributed by atoms with Crippen LogP contribution < -0.4 is 4.74 Å². The third-order valence-electron chi connectivity index (χ3n) is 4.25. The van der Waals surface area contributed by atoms with Crippen molar-refractivity contribution in [1.82, 2.24) is 0 Å². The van der Waals surface area contributed by atoms with Crippen LogP contribution in [-0.4, -0.2) is 32.7 Å². The van der Waals surface area contributed by atoms with Crippen LogP contribution in [0.15, 0.2) is 52.3 Å². The van der Waals surface area contributed by atoms with Crippen molar-refractivity contribution in [2.75, 3.05) is 13.2 Å². The average Bonchev–Trinajstić information content (AvgIpc) is 3.43. The molecule has 0 amide bonds. The highest BCUT2D eigenvalue weighted by atomic mass is 32.2. The molecular formula is C19H21NO6S. The maximum atomic E-state index is 13.0. The van der Waals surface area contributed by atoms with Gasteiger partial charge in [0.25, 0.3) is 5.69 Å². The van der Waals surface area contributed by atoms with Gasteiger partial charge in [-0.2, -0.15) is 0 Å². The van der Waals surface area contributed by atoms with Crippen LogP contribution in [0, 0.1) is 10.1 Å². The van der Waals surface area contributed by atoms with E-state index < -0.39 is 14.8 Å². The molecule has 1 atom stereocenters. The largest absolute Gasteiger partial charge is 0.490 e. The second-order valence-electron chi connectivity index (χ2n) is 7.46. The maximum Gasteiger partial charge on any atom is 0.274 e. The minimum atomic E-state index is -3.92. The summed E-state index contributed by atoms with van der Waals surface area (Å²) in [7, 11) is -3.92. The molecule has 8 heteroatoms. The first kappa shape index (κ1) is 19.3. The Morgan fingerprint density at radius 2 is 1.78 bits per heavy atom. The van der Waals surface area contributed by atoms with E-state index in [1.54, 1.807) is 12.1 Å². The molecule has 1 fully saturated rings. The molecule has 1 saturated heterocycles. The van der Waals surface area contributed by atoms with Crippen molar-refractivity contribution in [3.8, 4) is 5.75 Å². The van der Waals surface area contributed by atoms with Gasteiger partial charge in [0.2, 0.25) is 9.84 Å². The van der Waals surface area contributed by atoms with Gasteiger partial charge in [-0.3, -0.25) is 10.1 Å². The Morgan fingerprint density at radius 3 is 2.30 bits per heavy atom. The van der Waals surface area contributed by atoms with Crippen LogP contribution in [0.25, 0.3) is 0 Å². The number of benzene rings is 2. The van der Waals surface area contributed by atoms with E-state index in [0.29, 0.717) is 6.61 Å². The molecule has 1 unspecified atom stereocenters. The van der Waals surface area contributed by atoms with Gasteiger partial charge in [0.1, 0.15) is 18.5 Å². The molecule has 0 aliphatic carbocycles. The normalized spacial score (nSPS) is 16.8. The Labute approximate surface area is 158 Å². The van der Waals surface area contributed by atoms with Crippen molar-refractivity contribution >= 4 is 15.5 Å². The summed E-state index contributed by atoms with van der Waals surface area (Å²) in [6.45, 7) is 6.89. The van der Waals surface area contributed by atoms with Crippen LogP contribution in [0.5, 0.6) is 5.75 Å². The van der Waals surface area contributed by atoms with E-state index >= 15 is 0 Å². The number of nitrogens with zero attached hydrogens (tertiary/aromatic N) is 1. The molecule has 1 aliphatic heterocycles. The lowest BCUT2D eigenvalue weighted by molar-refractivity contribution is -0.385. The second-order valence-corrected chi connectivity index (χ2v) is 9.41. The van der Waals surface area contributed by atoms with Crippen LogP contribution >= 0.6 is 0 Å². The van der Waals surface area contributed by atoms with Crippen molar-refractivity contribution in [2.45, 2.75) is 42.1 Å². The topological polar surface area (TPSA) is 99.0 Å². The molecule has 144 valence electrons. The van der Waals surface area contributed by atoms with E-state index in [0.717, 1.165) is 11.6 Å². The number of ether oxygens (including phenoxy) is 2. The number of sulfone groups is 1. The summed E-state index contributed by atoms with van der Waals surface area (Å²) in [6, 6.07) is 10.1. The standard InChI is InChI=1S/C19H21NO6S/c1-19(2,3)13-4-6-17(7-5-13)27(23,24)18-9-14(20(21)22)8-15(10-18)25-11-16-12-26-16/h4-10,16H,11-12H2,1-3H3. The third kappa shape index (κ3) is 4.45. The predicted octanol–water partition coefficient (Wildman–Crippen LogP) is 3.50. The summed E-state index contributed by atoms with van der Waals surface area (Å²) in [5.41, 5.74) is 0.544. The molecule has 0 saturated carbocycles.